The number of anilines is 1. The lowest BCUT2D eigenvalue weighted by molar-refractivity contribution is 0.0724. The molecule has 8 heteroatoms. The van der Waals surface area contributed by atoms with E-state index < -0.39 is 10.0 Å². The van der Waals surface area contributed by atoms with Crippen LogP contribution >= 0.6 is 0 Å². The third-order valence-electron chi connectivity index (χ3n) is 5.12. The Bertz CT molecular complexity index is 1180. The summed E-state index contributed by atoms with van der Waals surface area (Å²) in [6, 6.07) is 10.9. The first-order valence-corrected chi connectivity index (χ1v) is 11.6. The molecule has 0 saturated carbocycles. The summed E-state index contributed by atoms with van der Waals surface area (Å²) in [4.78, 5) is 19.4. The number of hydrogen-bond donors (Lipinski definition) is 1. The van der Waals surface area contributed by atoms with E-state index in [4.69, 9.17) is 0 Å². The van der Waals surface area contributed by atoms with E-state index in [0.29, 0.717) is 11.3 Å². The highest BCUT2D eigenvalue weighted by molar-refractivity contribution is 7.92. The van der Waals surface area contributed by atoms with Crippen molar-refractivity contribution in [2.45, 2.75) is 26.2 Å². The van der Waals surface area contributed by atoms with Gasteiger partial charge in [-0.15, -0.1) is 0 Å². The molecular formula is C21H24N4O3S. The van der Waals surface area contributed by atoms with Crippen molar-refractivity contribution in [2.75, 3.05) is 24.1 Å². The van der Waals surface area contributed by atoms with Crippen LogP contribution in [-0.4, -0.2) is 48.0 Å². The largest absolute Gasteiger partial charge is 0.339 e. The Hall–Kier alpha value is -2.87. The summed E-state index contributed by atoms with van der Waals surface area (Å²) in [5.74, 6) is 0.0383. The molecule has 0 bridgehead atoms. The zero-order valence-electron chi connectivity index (χ0n) is 16.6. The molecular weight excluding hydrogens is 388 g/mol. The third-order valence-corrected chi connectivity index (χ3v) is 5.73. The van der Waals surface area contributed by atoms with Gasteiger partial charge in [-0.1, -0.05) is 12.1 Å². The SMILES string of the molecule is Cc1nc2ccc(C(=O)N3CCCCC3)cn2c1-c1cccc(NS(C)(=O)=O)c1. The molecule has 3 heterocycles. The van der Waals surface area contributed by atoms with Crippen LogP contribution in [0.5, 0.6) is 0 Å². The number of aryl methyl sites for hydroxylation is 1. The minimum atomic E-state index is -3.37. The Morgan fingerprint density at radius 3 is 2.59 bits per heavy atom. The summed E-state index contributed by atoms with van der Waals surface area (Å²) in [5, 5.41) is 0. The summed E-state index contributed by atoms with van der Waals surface area (Å²) in [7, 11) is -3.37. The molecule has 29 heavy (non-hydrogen) atoms. The average molecular weight is 413 g/mol. The molecule has 1 aliphatic rings. The second-order valence-corrected chi connectivity index (χ2v) is 9.25. The molecule has 1 amide bonds. The van der Waals surface area contributed by atoms with E-state index in [1.165, 1.54) is 6.42 Å². The summed E-state index contributed by atoms with van der Waals surface area (Å²) >= 11 is 0. The first kappa shape index (κ1) is 19.4. The number of carbonyl (C=O) groups is 1. The molecule has 1 saturated heterocycles. The van der Waals surface area contributed by atoms with Crippen LogP contribution in [0.2, 0.25) is 0 Å². The van der Waals surface area contributed by atoms with Crippen molar-refractivity contribution < 1.29 is 13.2 Å². The maximum absolute atomic E-state index is 12.9. The number of likely N-dealkylation sites (tertiary alicyclic amines) is 1. The standard InChI is InChI=1S/C21H24N4O3S/c1-15-20(16-7-6-8-18(13-16)23-29(2,27)28)25-14-17(9-10-19(25)22-15)21(26)24-11-4-3-5-12-24/h6-10,13-14,23H,3-5,11-12H2,1-2H3. The fourth-order valence-electron chi connectivity index (χ4n) is 3.86. The van der Waals surface area contributed by atoms with Crippen LogP contribution in [0.15, 0.2) is 42.6 Å². The topological polar surface area (TPSA) is 83.8 Å². The van der Waals surface area contributed by atoms with Gasteiger partial charge in [0.15, 0.2) is 0 Å². The first-order chi connectivity index (χ1) is 13.8. The predicted molar refractivity (Wildman–Crippen MR) is 114 cm³/mol. The fraction of sp³-hybridized carbons (Fsp3) is 0.333. The molecule has 2 aromatic heterocycles. The minimum Gasteiger partial charge on any atom is -0.339 e. The van der Waals surface area contributed by atoms with Gasteiger partial charge in [0, 0.05) is 30.5 Å². The second kappa shape index (κ2) is 7.51. The number of fused-ring (bicyclic) bond motifs is 1. The molecule has 0 aliphatic carbocycles. The van der Waals surface area contributed by atoms with Crippen molar-refractivity contribution in [3.8, 4) is 11.3 Å². The summed E-state index contributed by atoms with van der Waals surface area (Å²) < 4.78 is 27.6. The van der Waals surface area contributed by atoms with Crippen LogP contribution in [0.4, 0.5) is 5.69 Å². The van der Waals surface area contributed by atoms with Crippen molar-refractivity contribution in [1.29, 1.82) is 0 Å². The van der Waals surface area contributed by atoms with Gasteiger partial charge in [0.1, 0.15) is 5.65 Å². The highest BCUT2D eigenvalue weighted by Crippen LogP contribution is 2.28. The number of nitrogens with one attached hydrogen (secondary N) is 1. The van der Waals surface area contributed by atoms with E-state index in [2.05, 4.69) is 9.71 Å². The lowest BCUT2D eigenvalue weighted by Crippen LogP contribution is -2.35. The van der Waals surface area contributed by atoms with Gasteiger partial charge in [-0.05, 0) is 50.5 Å². The van der Waals surface area contributed by atoms with Crippen molar-refractivity contribution in [1.82, 2.24) is 14.3 Å². The predicted octanol–water partition coefficient (Wildman–Crippen LogP) is 3.31. The number of amides is 1. The van der Waals surface area contributed by atoms with Gasteiger partial charge >= 0.3 is 0 Å². The van der Waals surface area contributed by atoms with Gasteiger partial charge in [0.05, 0.1) is 23.2 Å². The monoisotopic (exact) mass is 412 g/mol. The zero-order valence-corrected chi connectivity index (χ0v) is 17.4. The van der Waals surface area contributed by atoms with Gasteiger partial charge in [-0.3, -0.25) is 13.9 Å². The molecule has 4 rings (SSSR count). The van der Waals surface area contributed by atoms with Crippen LogP contribution in [0, 0.1) is 6.92 Å². The Balaban J connectivity index is 1.76. The van der Waals surface area contributed by atoms with E-state index in [1.54, 1.807) is 18.2 Å². The van der Waals surface area contributed by atoms with Crippen molar-refractivity contribution in [3.05, 3.63) is 53.9 Å². The number of pyridine rings is 1. The van der Waals surface area contributed by atoms with Crippen molar-refractivity contribution in [3.63, 3.8) is 0 Å². The van der Waals surface area contributed by atoms with E-state index in [-0.39, 0.29) is 5.91 Å². The number of sulfonamides is 1. The Labute approximate surface area is 170 Å². The molecule has 7 nitrogen and oxygen atoms in total. The Kier molecular flexibility index (Phi) is 5.04. The van der Waals surface area contributed by atoms with E-state index >= 15 is 0 Å². The third kappa shape index (κ3) is 4.12. The molecule has 0 unspecified atom stereocenters. The number of benzene rings is 1. The Morgan fingerprint density at radius 1 is 1.10 bits per heavy atom. The molecule has 1 aliphatic heterocycles. The number of piperidine rings is 1. The van der Waals surface area contributed by atoms with Crippen LogP contribution in [0.1, 0.15) is 35.3 Å². The number of imidazole rings is 1. The quantitative estimate of drug-likeness (QED) is 0.713. The van der Waals surface area contributed by atoms with E-state index in [1.807, 2.05) is 40.6 Å². The number of aromatic nitrogens is 2. The summed E-state index contributed by atoms with van der Waals surface area (Å²) in [6.45, 7) is 3.50. The molecule has 0 atom stereocenters. The maximum atomic E-state index is 12.9. The lowest BCUT2D eigenvalue weighted by Gasteiger charge is -2.26. The number of nitrogens with zero attached hydrogens (tertiary/aromatic N) is 3. The molecule has 0 spiro atoms. The van der Waals surface area contributed by atoms with Gasteiger partial charge in [0.25, 0.3) is 5.91 Å². The van der Waals surface area contributed by atoms with Crippen LogP contribution in [0.3, 0.4) is 0 Å². The van der Waals surface area contributed by atoms with Crippen molar-refractivity contribution in [2.24, 2.45) is 0 Å². The average Bonchev–Trinajstić information content (AvgIpc) is 3.02. The van der Waals surface area contributed by atoms with Crippen molar-refractivity contribution >= 4 is 27.3 Å². The zero-order chi connectivity index (χ0) is 20.6. The van der Waals surface area contributed by atoms with E-state index in [0.717, 1.165) is 54.8 Å². The molecule has 152 valence electrons. The second-order valence-electron chi connectivity index (χ2n) is 7.50. The highest BCUT2D eigenvalue weighted by Gasteiger charge is 2.20. The molecule has 3 aromatic rings. The van der Waals surface area contributed by atoms with Crippen LogP contribution in [0.25, 0.3) is 16.9 Å². The summed E-state index contributed by atoms with van der Waals surface area (Å²) in [6.07, 6.45) is 6.22. The maximum Gasteiger partial charge on any atom is 0.255 e. The molecule has 1 aromatic carbocycles. The van der Waals surface area contributed by atoms with Crippen LogP contribution < -0.4 is 4.72 Å². The first-order valence-electron chi connectivity index (χ1n) is 9.68. The summed E-state index contributed by atoms with van der Waals surface area (Å²) in [5.41, 5.74) is 4.33. The lowest BCUT2D eigenvalue weighted by atomic mass is 10.1. The van der Waals surface area contributed by atoms with Gasteiger partial charge in [-0.2, -0.15) is 0 Å². The fourth-order valence-corrected chi connectivity index (χ4v) is 4.42. The molecule has 0 radical (unpaired) electrons. The van der Waals surface area contributed by atoms with Crippen LogP contribution in [-0.2, 0) is 10.0 Å². The van der Waals surface area contributed by atoms with Gasteiger partial charge in [0.2, 0.25) is 10.0 Å². The number of hydrogen-bond acceptors (Lipinski definition) is 4. The van der Waals surface area contributed by atoms with E-state index in [9.17, 15) is 13.2 Å². The Morgan fingerprint density at radius 2 is 1.86 bits per heavy atom. The molecule has 1 N–H and O–H groups in total. The number of carbonyl (C=O) groups excluding carboxylic acids is 1. The van der Waals surface area contributed by atoms with Gasteiger partial charge in [-0.25, -0.2) is 13.4 Å². The normalized spacial score (nSPS) is 14.9. The number of rotatable bonds is 4. The highest BCUT2D eigenvalue weighted by atomic mass is 32.2. The smallest absolute Gasteiger partial charge is 0.255 e. The van der Waals surface area contributed by atoms with Gasteiger partial charge < -0.3 is 4.90 Å². The molecule has 1 fully saturated rings. The minimum absolute atomic E-state index is 0.0383.